The quantitative estimate of drug-likeness (QED) is 0.740. The third-order valence-corrected chi connectivity index (χ3v) is 4.54. The highest BCUT2D eigenvalue weighted by atomic mass is 79.9. The predicted molar refractivity (Wildman–Crippen MR) is 94.2 cm³/mol. The fourth-order valence-corrected chi connectivity index (χ4v) is 3.19. The molecule has 0 unspecified atom stereocenters. The number of anilines is 1. The number of hydrogen-bond acceptors (Lipinski definition) is 5. The van der Waals surface area contributed by atoms with Crippen molar-refractivity contribution in [3.8, 4) is 5.75 Å². The topological polar surface area (TPSA) is 64.1 Å². The molecular weight excluding hydrogens is 434 g/mol. The van der Waals surface area contributed by atoms with Gasteiger partial charge in [-0.15, -0.1) is 10.2 Å². The molecule has 1 heterocycles. The lowest BCUT2D eigenvalue weighted by atomic mass is 9.96. The molecule has 0 radical (unpaired) electrons. The normalized spacial score (nSPS) is 11.3. The molecule has 0 aliphatic rings. The van der Waals surface area contributed by atoms with Gasteiger partial charge >= 0.3 is 0 Å². The van der Waals surface area contributed by atoms with E-state index in [0.29, 0.717) is 16.7 Å². The fraction of sp³-hybridized carbons (Fsp3) is 0.357. The van der Waals surface area contributed by atoms with Crippen molar-refractivity contribution in [1.29, 1.82) is 0 Å². The van der Waals surface area contributed by atoms with Crippen molar-refractivity contribution < 1.29 is 9.53 Å². The second kappa shape index (κ2) is 7.06. The van der Waals surface area contributed by atoms with Gasteiger partial charge in [-0.3, -0.25) is 4.79 Å². The number of nitrogens with zero attached hydrogens (tertiary/aromatic N) is 2. The molecule has 0 atom stereocenters. The van der Waals surface area contributed by atoms with E-state index in [1.54, 1.807) is 0 Å². The Morgan fingerprint density at radius 2 is 2.05 bits per heavy atom. The molecule has 118 valence electrons. The standard InChI is InChI=1S/C14H15Br2N3O2S/c1-14(2,3)12(20)17-13-19-18-11(22-13)7-21-10-5-4-8(15)6-9(10)16/h4-6H,7H2,1-3H3,(H,17,19,20). The second-order valence-corrected chi connectivity index (χ2v) is 8.40. The van der Waals surface area contributed by atoms with Gasteiger partial charge < -0.3 is 10.1 Å². The molecule has 0 aliphatic carbocycles. The van der Waals surface area contributed by atoms with Gasteiger partial charge in [0.05, 0.1) is 4.47 Å². The average molecular weight is 449 g/mol. The van der Waals surface area contributed by atoms with Crippen LogP contribution >= 0.6 is 43.2 Å². The number of nitrogens with one attached hydrogen (secondary N) is 1. The first-order valence-corrected chi connectivity index (χ1v) is 8.87. The minimum atomic E-state index is -0.468. The van der Waals surface area contributed by atoms with Crippen molar-refractivity contribution in [3.05, 3.63) is 32.2 Å². The van der Waals surface area contributed by atoms with Crippen LogP contribution in [0.2, 0.25) is 0 Å². The molecule has 1 aromatic carbocycles. The van der Waals surface area contributed by atoms with Gasteiger partial charge in [-0.25, -0.2) is 0 Å². The summed E-state index contributed by atoms with van der Waals surface area (Å²) in [6.45, 7) is 5.83. The van der Waals surface area contributed by atoms with Gasteiger partial charge in [-0.05, 0) is 34.1 Å². The summed E-state index contributed by atoms with van der Waals surface area (Å²) in [7, 11) is 0. The molecule has 0 bridgehead atoms. The number of benzene rings is 1. The van der Waals surface area contributed by atoms with Crippen LogP contribution in [0.5, 0.6) is 5.75 Å². The summed E-state index contributed by atoms with van der Waals surface area (Å²) in [6.07, 6.45) is 0. The first-order chi connectivity index (χ1) is 10.3. The fourth-order valence-electron chi connectivity index (χ4n) is 1.38. The third-order valence-electron chi connectivity index (χ3n) is 2.61. The van der Waals surface area contributed by atoms with Crippen LogP contribution in [-0.2, 0) is 11.4 Å². The Morgan fingerprint density at radius 1 is 1.32 bits per heavy atom. The Labute approximate surface area is 149 Å². The molecule has 0 spiro atoms. The Balaban J connectivity index is 1.96. The summed E-state index contributed by atoms with van der Waals surface area (Å²) in [5.74, 6) is 0.630. The first-order valence-electron chi connectivity index (χ1n) is 6.47. The Bertz CT molecular complexity index is 683. The van der Waals surface area contributed by atoms with Crippen molar-refractivity contribution >= 4 is 54.2 Å². The average Bonchev–Trinajstić information content (AvgIpc) is 2.84. The lowest BCUT2D eigenvalue weighted by Gasteiger charge is -2.15. The molecule has 2 aromatic rings. The molecule has 8 heteroatoms. The SMILES string of the molecule is CC(C)(C)C(=O)Nc1nnc(COc2ccc(Br)cc2Br)s1. The summed E-state index contributed by atoms with van der Waals surface area (Å²) in [6, 6.07) is 5.66. The monoisotopic (exact) mass is 447 g/mol. The van der Waals surface area contributed by atoms with E-state index in [4.69, 9.17) is 4.74 Å². The molecule has 1 amide bonds. The number of carbonyl (C=O) groups is 1. The summed E-state index contributed by atoms with van der Waals surface area (Å²) in [5.41, 5.74) is -0.468. The number of rotatable bonds is 4. The highest BCUT2D eigenvalue weighted by molar-refractivity contribution is 9.11. The van der Waals surface area contributed by atoms with E-state index in [1.807, 2.05) is 39.0 Å². The van der Waals surface area contributed by atoms with E-state index in [1.165, 1.54) is 11.3 Å². The van der Waals surface area contributed by atoms with E-state index in [0.717, 1.165) is 14.7 Å². The molecule has 0 saturated carbocycles. The van der Waals surface area contributed by atoms with Crippen LogP contribution in [0.1, 0.15) is 25.8 Å². The maximum absolute atomic E-state index is 11.9. The molecule has 0 saturated heterocycles. The second-order valence-electron chi connectivity index (χ2n) is 5.57. The molecule has 0 fully saturated rings. The number of ether oxygens (including phenoxy) is 1. The van der Waals surface area contributed by atoms with Crippen molar-refractivity contribution in [1.82, 2.24) is 10.2 Å². The zero-order valence-corrected chi connectivity index (χ0v) is 16.3. The van der Waals surface area contributed by atoms with Gasteiger partial charge in [0.25, 0.3) is 0 Å². The van der Waals surface area contributed by atoms with Gasteiger partial charge in [0.2, 0.25) is 11.0 Å². The van der Waals surface area contributed by atoms with E-state index >= 15 is 0 Å². The van der Waals surface area contributed by atoms with Gasteiger partial charge in [0.15, 0.2) is 5.01 Å². The van der Waals surface area contributed by atoms with Crippen LogP contribution in [0.3, 0.4) is 0 Å². The number of amides is 1. The van der Waals surface area contributed by atoms with Crippen molar-refractivity contribution in [2.24, 2.45) is 5.41 Å². The zero-order chi connectivity index (χ0) is 16.3. The van der Waals surface area contributed by atoms with Crippen molar-refractivity contribution in [2.45, 2.75) is 27.4 Å². The number of hydrogen-bond donors (Lipinski definition) is 1. The summed E-state index contributed by atoms with van der Waals surface area (Å²) in [4.78, 5) is 11.9. The van der Waals surface area contributed by atoms with Gasteiger partial charge in [-0.2, -0.15) is 0 Å². The smallest absolute Gasteiger partial charge is 0.231 e. The van der Waals surface area contributed by atoms with Crippen LogP contribution in [0.4, 0.5) is 5.13 Å². The van der Waals surface area contributed by atoms with E-state index in [2.05, 4.69) is 47.4 Å². The largest absolute Gasteiger partial charge is 0.485 e. The first kappa shape index (κ1) is 17.4. The van der Waals surface area contributed by atoms with Crippen LogP contribution in [0, 0.1) is 5.41 Å². The molecular formula is C14H15Br2N3O2S. The number of carbonyl (C=O) groups excluding carboxylic acids is 1. The Kier molecular flexibility index (Phi) is 5.57. The van der Waals surface area contributed by atoms with E-state index < -0.39 is 5.41 Å². The molecule has 0 aliphatic heterocycles. The summed E-state index contributed by atoms with van der Waals surface area (Å²) in [5, 5.41) is 11.9. The molecule has 22 heavy (non-hydrogen) atoms. The predicted octanol–water partition coefficient (Wildman–Crippen LogP) is 4.63. The lowest BCUT2D eigenvalue weighted by Crippen LogP contribution is -2.27. The van der Waals surface area contributed by atoms with Crippen LogP contribution in [0.15, 0.2) is 27.1 Å². The lowest BCUT2D eigenvalue weighted by molar-refractivity contribution is -0.123. The molecule has 1 aromatic heterocycles. The summed E-state index contributed by atoms with van der Waals surface area (Å²) < 4.78 is 7.51. The maximum Gasteiger partial charge on any atom is 0.231 e. The zero-order valence-electron chi connectivity index (χ0n) is 12.3. The Morgan fingerprint density at radius 3 is 2.68 bits per heavy atom. The van der Waals surface area contributed by atoms with Crippen molar-refractivity contribution in [3.63, 3.8) is 0 Å². The number of aromatic nitrogens is 2. The molecule has 2 rings (SSSR count). The highest BCUT2D eigenvalue weighted by Gasteiger charge is 2.22. The van der Waals surface area contributed by atoms with Gasteiger partial charge in [0, 0.05) is 9.89 Å². The highest BCUT2D eigenvalue weighted by Crippen LogP contribution is 2.29. The molecule has 5 nitrogen and oxygen atoms in total. The van der Waals surface area contributed by atoms with Crippen LogP contribution in [0.25, 0.3) is 0 Å². The maximum atomic E-state index is 11.9. The van der Waals surface area contributed by atoms with Gasteiger partial charge in [0.1, 0.15) is 12.4 Å². The van der Waals surface area contributed by atoms with Gasteiger partial charge in [-0.1, -0.05) is 48.0 Å². The molecule has 1 N–H and O–H groups in total. The van der Waals surface area contributed by atoms with Crippen molar-refractivity contribution in [2.75, 3.05) is 5.32 Å². The number of halogens is 2. The minimum Gasteiger partial charge on any atom is -0.485 e. The van der Waals surface area contributed by atoms with Crippen LogP contribution in [-0.4, -0.2) is 16.1 Å². The minimum absolute atomic E-state index is 0.0910. The Hall–Kier alpha value is -0.990. The third kappa shape index (κ3) is 4.76. The summed E-state index contributed by atoms with van der Waals surface area (Å²) >= 11 is 8.13. The van der Waals surface area contributed by atoms with E-state index in [-0.39, 0.29) is 5.91 Å². The van der Waals surface area contributed by atoms with Crippen LogP contribution < -0.4 is 10.1 Å². The van der Waals surface area contributed by atoms with E-state index in [9.17, 15) is 4.79 Å².